The molecule has 0 spiro atoms. The van der Waals surface area contributed by atoms with Crippen LogP contribution in [-0.4, -0.2) is 25.4 Å². The van der Waals surface area contributed by atoms with Gasteiger partial charge in [0.25, 0.3) is 0 Å². The van der Waals surface area contributed by atoms with Gasteiger partial charge in [0.15, 0.2) is 5.13 Å². The van der Waals surface area contributed by atoms with Gasteiger partial charge in [-0.1, -0.05) is 26.0 Å². The number of carbonyl (C=O) groups is 1. The van der Waals surface area contributed by atoms with E-state index in [0.717, 1.165) is 34.1 Å². The number of para-hydroxylation sites is 2. The minimum absolute atomic E-state index is 0.0459. The van der Waals surface area contributed by atoms with Gasteiger partial charge in [-0.2, -0.15) is 0 Å². The Morgan fingerprint density at radius 2 is 1.96 bits per heavy atom. The molecule has 0 aliphatic carbocycles. The van der Waals surface area contributed by atoms with Crippen molar-refractivity contribution in [3.05, 3.63) is 65.7 Å². The van der Waals surface area contributed by atoms with Crippen LogP contribution in [0.2, 0.25) is 0 Å². The van der Waals surface area contributed by atoms with Crippen molar-refractivity contribution in [2.45, 2.75) is 32.7 Å². The Morgan fingerprint density at radius 1 is 1.18 bits per heavy atom. The van der Waals surface area contributed by atoms with Crippen molar-refractivity contribution in [2.24, 2.45) is 5.92 Å². The van der Waals surface area contributed by atoms with Crippen LogP contribution >= 0.6 is 11.3 Å². The quantitative estimate of drug-likeness (QED) is 0.493. The minimum atomic E-state index is -0.151. The topological polar surface area (TPSA) is 75.6 Å². The molecule has 28 heavy (non-hydrogen) atoms. The van der Waals surface area contributed by atoms with E-state index in [4.69, 9.17) is 0 Å². The second kappa shape index (κ2) is 7.98. The number of fused-ring (bicyclic) bond motifs is 1. The summed E-state index contributed by atoms with van der Waals surface area (Å²) in [4.78, 5) is 25.3. The highest BCUT2D eigenvalue weighted by molar-refractivity contribution is 7.12. The lowest BCUT2D eigenvalue weighted by Gasteiger charge is -2.18. The highest BCUT2D eigenvalue weighted by atomic mass is 32.1. The summed E-state index contributed by atoms with van der Waals surface area (Å²) in [6.07, 6.45) is 4.97. The van der Waals surface area contributed by atoms with Crippen LogP contribution in [0.4, 0.5) is 0 Å². The van der Waals surface area contributed by atoms with Gasteiger partial charge in [0.2, 0.25) is 5.91 Å². The number of hydrogen-bond acceptors (Lipinski definition) is 4. The van der Waals surface area contributed by atoms with Crippen molar-refractivity contribution in [1.29, 1.82) is 0 Å². The van der Waals surface area contributed by atoms with Gasteiger partial charge in [0, 0.05) is 17.8 Å². The van der Waals surface area contributed by atoms with Crippen molar-refractivity contribution in [2.75, 3.05) is 0 Å². The molecule has 0 fully saturated rings. The summed E-state index contributed by atoms with van der Waals surface area (Å²) >= 11 is 1.53. The maximum atomic E-state index is 12.7. The number of carbonyl (C=O) groups excluding carboxylic acids is 1. The predicted molar refractivity (Wildman–Crippen MR) is 112 cm³/mol. The first-order chi connectivity index (χ1) is 13.6. The molecule has 2 N–H and O–H groups in total. The third-order valence-corrected chi connectivity index (χ3v) is 5.39. The molecule has 0 radical (unpaired) electrons. The van der Waals surface area contributed by atoms with Gasteiger partial charge in [-0.05, 0) is 36.6 Å². The van der Waals surface area contributed by atoms with Crippen molar-refractivity contribution in [1.82, 2.24) is 24.8 Å². The van der Waals surface area contributed by atoms with Crippen molar-refractivity contribution in [3.8, 4) is 5.13 Å². The standard InChI is InChI=1S/C21H23N5OS/c1-14(2)11-18(20-24-16-7-3-4-8-17(16)25-20)23-19(27)12-15-13-28-21(22-15)26-9-5-6-10-26/h3-10,13-14,18H,11-12H2,1-2H3,(H,23,27)(H,24,25)/t18-/m0/s1. The van der Waals surface area contributed by atoms with E-state index in [0.29, 0.717) is 5.92 Å². The van der Waals surface area contributed by atoms with Gasteiger partial charge >= 0.3 is 0 Å². The molecule has 0 unspecified atom stereocenters. The van der Waals surface area contributed by atoms with Crippen molar-refractivity contribution < 1.29 is 4.79 Å². The molecule has 0 bridgehead atoms. The van der Waals surface area contributed by atoms with Crippen LogP contribution in [0, 0.1) is 5.92 Å². The monoisotopic (exact) mass is 393 g/mol. The number of thiazole rings is 1. The Morgan fingerprint density at radius 3 is 2.71 bits per heavy atom. The third kappa shape index (κ3) is 4.14. The minimum Gasteiger partial charge on any atom is -0.346 e. The van der Waals surface area contributed by atoms with Crippen LogP contribution in [0.5, 0.6) is 0 Å². The number of H-pyrrole nitrogens is 1. The molecule has 6 nitrogen and oxygen atoms in total. The summed E-state index contributed by atoms with van der Waals surface area (Å²) < 4.78 is 1.95. The third-order valence-electron chi connectivity index (χ3n) is 4.49. The number of nitrogens with one attached hydrogen (secondary N) is 2. The van der Waals surface area contributed by atoms with Crippen LogP contribution in [0.3, 0.4) is 0 Å². The second-order valence-electron chi connectivity index (χ2n) is 7.28. The lowest BCUT2D eigenvalue weighted by atomic mass is 10.0. The lowest BCUT2D eigenvalue weighted by molar-refractivity contribution is -0.121. The highest BCUT2D eigenvalue weighted by Gasteiger charge is 2.20. The van der Waals surface area contributed by atoms with Gasteiger partial charge in [-0.15, -0.1) is 11.3 Å². The molecule has 4 rings (SSSR count). The molecule has 1 amide bonds. The zero-order valence-electron chi connectivity index (χ0n) is 15.9. The number of hydrogen-bond donors (Lipinski definition) is 2. The van der Waals surface area contributed by atoms with Crippen molar-refractivity contribution in [3.63, 3.8) is 0 Å². The molecule has 3 aromatic heterocycles. The van der Waals surface area contributed by atoms with Gasteiger partial charge in [0.1, 0.15) is 5.82 Å². The normalized spacial score (nSPS) is 12.5. The summed E-state index contributed by atoms with van der Waals surface area (Å²) in [5, 5.41) is 5.95. The Bertz CT molecular complexity index is 1030. The van der Waals surface area contributed by atoms with Crippen LogP contribution in [0.25, 0.3) is 16.2 Å². The molecule has 1 aromatic carbocycles. The molecule has 0 saturated heterocycles. The second-order valence-corrected chi connectivity index (χ2v) is 8.11. The van der Waals surface area contributed by atoms with Crippen molar-refractivity contribution >= 4 is 28.3 Å². The van der Waals surface area contributed by atoms with Crippen LogP contribution in [0.1, 0.15) is 37.8 Å². The van der Waals surface area contributed by atoms with E-state index in [2.05, 4.69) is 34.1 Å². The molecule has 0 aliphatic rings. The van der Waals surface area contributed by atoms with E-state index in [1.54, 1.807) is 0 Å². The first kappa shape index (κ1) is 18.4. The van der Waals surface area contributed by atoms with Gasteiger partial charge < -0.3 is 14.9 Å². The summed E-state index contributed by atoms with van der Waals surface area (Å²) in [6.45, 7) is 4.29. The number of aromatic amines is 1. The fraction of sp³-hybridized carbons (Fsp3) is 0.286. The SMILES string of the molecule is CC(C)C[C@H](NC(=O)Cc1csc(-n2cccc2)n1)c1nc2ccccc2[nH]1. The zero-order chi connectivity index (χ0) is 19.5. The Balaban J connectivity index is 1.48. The fourth-order valence-corrected chi connectivity index (χ4v) is 4.01. The van der Waals surface area contributed by atoms with E-state index in [1.165, 1.54) is 11.3 Å². The Labute approximate surface area is 167 Å². The average molecular weight is 394 g/mol. The van der Waals surface area contributed by atoms with Crippen LogP contribution in [-0.2, 0) is 11.2 Å². The smallest absolute Gasteiger partial charge is 0.226 e. The molecule has 3 heterocycles. The molecule has 1 atom stereocenters. The summed E-state index contributed by atoms with van der Waals surface area (Å²) in [6, 6.07) is 11.7. The van der Waals surface area contributed by atoms with E-state index in [9.17, 15) is 4.79 Å². The molecule has 4 aromatic rings. The summed E-state index contributed by atoms with van der Waals surface area (Å²) in [7, 11) is 0. The van der Waals surface area contributed by atoms with Gasteiger partial charge in [-0.25, -0.2) is 9.97 Å². The number of rotatable bonds is 7. The first-order valence-electron chi connectivity index (χ1n) is 9.40. The number of nitrogens with zero attached hydrogens (tertiary/aromatic N) is 3. The summed E-state index contributed by atoms with van der Waals surface area (Å²) in [5.74, 6) is 1.18. The Kier molecular flexibility index (Phi) is 5.25. The predicted octanol–water partition coefficient (Wildman–Crippen LogP) is 4.26. The largest absolute Gasteiger partial charge is 0.346 e. The van der Waals surface area contributed by atoms with Crippen LogP contribution in [0.15, 0.2) is 54.2 Å². The first-order valence-corrected chi connectivity index (χ1v) is 10.3. The van der Waals surface area contributed by atoms with E-state index < -0.39 is 0 Å². The zero-order valence-corrected chi connectivity index (χ0v) is 16.7. The fourth-order valence-electron chi connectivity index (χ4n) is 3.22. The number of amides is 1. The summed E-state index contributed by atoms with van der Waals surface area (Å²) in [5.41, 5.74) is 2.67. The molecule has 0 aliphatic heterocycles. The molecular weight excluding hydrogens is 370 g/mol. The maximum absolute atomic E-state index is 12.7. The van der Waals surface area contributed by atoms with Gasteiger partial charge in [-0.3, -0.25) is 4.79 Å². The number of imidazole rings is 1. The maximum Gasteiger partial charge on any atom is 0.226 e. The average Bonchev–Trinajstić information content (AvgIpc) is 3.40. The number of aromatic nitrogens is 4. The molecule has 0 saturated carbocycles. The van der Waals surface area contributed by atoms with Crippen LogP contribution < -0.4 is 5.32 Å². The number of benzene rings is 1. The lowest BCUT2D eigenvalue weighted by Crippen LogP contribution is -2.31. The van der Waals surface area contributed by atoms with E-state index >= 15 is 0 Å². The van der Waals surface area contributed by atoms with Gasteiger partial charge in [0.05, 0.1) is 29.2 Å². The molecule has 7 heteroatoms. The molecular formula is C21H23N5OS. The Hall–Kier alpha value is -2.93. The van der Waals surface area contributed by atoms with E-state index in [1.807, 2.05) is 58.7 Å². The van der Waals surface area contributed by atoms with E-state index in [-0.39, 0.29) is 18.4 Å². The molecule has 144 valence electrons. The highest BCUT2D eigenvalue weighted by Crippen LogP contribution is 2.22.